The van der Waals surface area contributed by atoms with Crippen molar-refractivity contribution in [3.8, 4) is 0 Å². The maximum Gasteiger partial charge on any atom is 0.143 e. The van der Waals surface area contributed by atoms with E-state index in [0.717, 1.165) is 18.7 Å². The Morgan fingerprint density at radius 3 is 2.71 bits per heavy atom. The molecule has 0 saturated carbocycles. The molecule has 1 rings (SSSR count). The second-order valence-corrected chi connectivity index (χ2v) is 6.62. The molecule has 0 aliphatic carbocycles. The number of aromatic nitrogens is 1. The molecule has 0 spiro atoms. The average molecular weight is 325 g/mol. The minimum Gasteiger partial charge on any atom is -0.326 e. The third kappa shape index (κ3) is 9.58. The summed E-state index contributed by atoms with van der Waals surface area (Å²) in [4.78, 5) is 15.9. The first-order chi connectivity index (χ1) is 10.2. The quantitative estimate of drug-likeness (QED) is 0.493. The third-order valence-corrected chi connectivity index (χ3v) is 4.35. The number of pyridine rings is 1. The molecule has 3 nitrogen and oxygen atoms in total. The molecule has 0 bridgehead atoms. The van der Waals surface area contributed by atoms with Crippen LogP contribution in [-0.2, 0) is 4.79 Å². The monoisotopic (exact) mass is 324 g/mol. The summed E-state index contributed by atoms with van der Waals surface area (Å²) in [6, 6.07) is 5.60. The lowest BCUT2D eigenvalue weighted by Gasteiger charge is -2.06. The maximum atomic E-state index is 11.8. The van der Waals surface area contributed by atoms with E-state index in [2.05, 4.69) is 17.2 Å². The Morgan fingerprint density at radius 1 is 1.24 bits per heavy atom. The number of carbonyl (C=O) groups is 1. The molecule has 0 amide bonds. The summed E-state index contributed by atoms with van der Waals surface area (Å²) in [7, 11) is 0. The van der Waals surface area contributed by atoms with E-state index in [4.69, 9.17) is 12.2 Å². The fourth-order valence-corrected chi connectivity index (χ4v) is 2.79. The molecule has 0 fully saturated rings. The number of nitrogens with one attached hydrogen (secondary N) is 1. The van der Waals surface area contributed by atoms with Crippen LogP contribution in [0.2, 0.25) is 0 Å². The van der Waals surface area contributed by atoms with Crippen molar-refractivity contribution in [1.29, 1.82) is 0 Å². The molecular weight excluding hydrogens is 300 g/mol. The van der Waals surface area contributed by atoms with Crippen LogP contribution in [-0.4, -0.2) is 20.8 Å². The van der Waals surface area contributed by atoms with Crippen molar-refractivity contribution in [3.63, 3.8) is 0 Å². The van der Waals surface area contributed by atoms with Crippen molar-refractivity contribution in [3.05, 3.63) is 24.4 Å². The van der Waals surface area contributed by atoms with Gasteiger partial charge < -0.3 is 5.32 Å². The predicted octanol–water partition coefficient (Wildman–Crippen LogP) is 4.83. The van der Waals surface area contributed by atoms with E-state index in [0.29, 0.717) is 16.5 Å². The van der Waals surface area contributed by atoms with Crippen LogP contribution in [0.25, 0.3) is 0 Å². The third-order valence-electron chi connectivity index (χ3n) is 3.07. The predicted molar refractivity (Wildman–Crippen MR) is 95.9 cm³/mol. The van der Waals surface area contributed by atoms with Gasteiger partial charge in [-0.05, 0) is 18.6 Å². The van der Waals surface area contributed by atoms with Crippen LogP contribution in [0.1, 0.15) is 51.9 Å². The minimum atomic E-state index is 0.278. The molecule has 116 valence electrons. The van der Waals surface area contributed by atoms with Gasteiger partial charge in [0.25, 0.3) is 0 Å². The zero-order valence-electron chi connectivity index (χ0n) is 12.6. The van der Waals surface area contributed by atoms with E-state index in [9.17, 15) is 4.79 Å². The van der Waals surface area contributed by atoms with E-state index in [1.807, 2.05) is 18.2 Å². The Balaban J connectivity index is 2.05. The normalized spacial score (nSPS) is 10.3. The van der Waals surface area contributed by atoms with E-state index >= 15 is 0 Å². The highest BCUT2D eigenvalue weighted by molar-refractivity contribution is 8.23. The molecule has 0 saturated heterocycles. The smallest absolute Gasteiger partial charge is 0.143 e. The lowest BCUT2D eigenvalue weighted by atomic mass is 10.1. The standard InChI is InChI=1S/C16H24N2OS2/c1-2-3-4-5-6-7-10-14(19)13-21-16(20)18-15-11-8-9-12-17-15/h8-9,11-12H,2-7,10,13H2,1H3,(H,17,18,20). The number of anilines is 1. The zero-order chi connectivity index (χ0) is 15.3. The first-order valence-electron chi connectivity index (χ1n) is 7.59. The zero-order valence-corrected chi connectivity index (χ0v) is 14.3. The van der Waals surface area contributed by atoms with Gasteiger partial charge in [0.2, 0.25) is 0 Å². The number of unbranched alkanes of at least 4 members (excludes halogenated alkanes) is 5. The van der Waals surface area contributed by atoms with Crippen LogP contribution < -0.4 is 5.32 Å². The average Bonchev–Trinajstić information content (AvgIpc) is 2.50. The lowest BCUT2D eigenvalue weighted by molar-refractivity contribution is -0.116. The Bertz CT molecular complexity index is 424. The molecule has 0 aliphatic rings. The van der Waals surface area contributed by atoms with Gasteiger partial charge in [-0.15, -0.1) is 0 Å². The number of hydrogen-bond donors (Lipinski definition) is 1. The summed E-state index contributed by atoms with van der Waals surface area (Å²) in [6.45, 7) is 2.21. The van der Waals surface area contributed by atoms with E-state index in [1.54, 1.807) is 6.20 Å². The molecule has 5 heteroatoms. The van der Waals surface area contributed by atoms with Crippen molar-refractivity contribution < 1.29 is 4.79 Å². The van der Waals surface area contributed by atoms with Crippen molar-refractivity contribution in [1.82, 2.24) is 4.98 Å². The van der Waals surface area contributed by atoms with E-state index in [-0.39, 0.29) is 5.78 Å². The van der Waals surface area contributed by atoms with Crippen LogP contribution >= 0.6 is 24.0 Å². The van der Waals surface area contributed by atoms with Gasteiger partial charge in [0.05, 0.1) is 5.75 Å². The van der Waals surface area contributed by atoms with Gasteiger partial charge in [-0.25, -0.2) is 4.98 Å². The summed E-state index contributed by atoms with van der Waals surface area (Å²) >= 11 is 6.58. The number of ketones is 1. The molecule has 0 aromatic carbocycles. The highest BCUT2D eigenvalue weighted by atomic mass is 32.2. The summed E-state index contributed by atoms with van der Waals surface area (Å²) in [5.74, 6) is 1.45. The minimum absolute atomic E-state index is 0.278. The molecule has 1 aromatic heterocycles. The first-order valence-corrected chi connectivity index (χ1v) is 8.98. The van der Waals surface area contributed by atoms with E-state index < -0.39 is 0 Å². The SMILES string of the molecule is CCCCCCCCC(=O)CSC(=S)Nc1ccccn1. The first kappa shape index (κ1) is 18.1. The molecule has 0 aliphatic heterocycles. The molecule has 0 atom stereocenters. The van der Waals surface area contributed by atoms with Gasteiger partial charge in [0.15, 0.2) is 0 Å². The summed E-state index contributed by atoms with van der Waals surface area (Å²) < 4.78 is 0.602. The molecule has 1 N–H and O–H groups in total. The van der Waals surface area contributed by atoms with Crippen molar-refractivity contribution >= 4 is 39.9 Å². The molecular formula is C16H24N2OS2. The van der Waals surface area contributed by atoms with Crippen LogP contribution in [0, 0.1) is 0 Å². The van der Waals surface area contributed by atoms with Crippen molar-refractivity contribution in [2.24, 2.45) is 0 Å². The second-order valence-electron chi connectivity index (χ2n) is 4.97. The van der Waals surface area contributed by atoms with Crippen LogP contribution in [0.5, 0.6) is 0 Å². The van der Waals surface area contributed by atoms with Gasteiger partial charge in [-0.1, -0.05) is 69.1 Å². The topological polar surface area (TPSA) is 42.0 Å². The van der Waals surface area contributed by atoms with Gasteiger partial charge >= 0.3 is 0 Å². The molecule has 1 aromatic rings. The Kier molecular flexibility index (Phi) is 10.1. The summed E-state index contributed by atoms with van der Waals surface area (Å²) in [6.07, 6.45) is 9.64. The van der Waals surface area contributed by atoms with Crippen molar-refractivity contribution in [2.75, 3.05) is 11.1 Å². The number of thiocarbonyl (C=S) groups is 1. The number of rotatable bonds is 10. The Hall–Kier alpha value is -0.940. The maximum absolute atomic E-state index is 11.8. The molecule has 0 unspecified atom stereocenters. The second kappa shape index (κ2) is 11.7. The van der Waals surface area contributed by atoms with Gasteiger partial charge in [-0.2, -0.15) is 0 Å². The van der Waals surface area contributed by atoms with Crippen LogP contribution in [0.3, 0.4) is 0 Å². The van der Waals surface area contributed by atoms with Gasteiger partial charge in [0, 0.05) is 12.6 Å². The Labute approximate surface area is 137 Å². The van der Waals surface area contributed by atoms with E-state index in [1.165, 1.54) is 37.4 Å². The van der Waals surface area contributed by atoms with Gasteiger partial charge in [0.1, 0.15) is 15.9 Å². The highest BCUT2D eigenvalue weighted by Gasteiger charge is 2.05. The number of carbonyl (C=O) groups excluding carboxylic acids is 1. The molecule has 21 heavy (non-hydrogen) atoms. The molecule has 1 heterocycles. The van der Waals surface area contributed by atoms with Crippen LogP contribution in [0.4, 0.5) is 5.82 Å². The fourth-order valence-electron chi connectivity index (χ4n) is 1.90. The number of Topliss-reactive ketones (excluding diaryl/α,β-unsaturated/α-hetero) is 1. The number of thioether (sulfide) groups is 1. The Morgan fingerprint density at radius 2 is 2.00 bits per heavy atom. The molecule has 0 radical (unpaired) electrons. The number of hydrogen-bond acceptors (Lipinski definition) is 4. The lowest BCUT2D eigenvalue weighted by Crippen LogP contribution is -2.10. The number of nitrogens with zero attached hydrogens (tertiary/aromatic N) is 1. The summed E-state index contributed by atoms with van der Waals surface area (Å²) in [5.41, 5.74) is 0. The highest BCUT2D eigenvalue weighted by Crippen LogP contribution is 2.12. The summed E-state index contributed by atoms with van der Waals surface area (Å²) in [5, 5.41) is 3.02. The fraction of sp³-hybridized carbons (Fsp3) is 0.562. The van der Waals surface area contributed by atoms with Gasteiger partial charge in [-0.3, -0.25) is 4.79 Å². The largest absolute Gasteiger partial charge is 0.326 e. The van der Waals surface area contributed by atoms with Crippen molar-refractivity contribution in [2.45, 2.75) is 51.9 Å². The van der Waals surface area contributed by atoms with Crippen LogP contribution in [0.15, 0.2) is 24.4 Å².